The summed E-state index contributed by atoms with van der Waals surface area (Å²) in [5.74, 6) is 1.43. The van der Waals surface area contributed by atoms with Crippen LogP contribution in [0.2, 0.25) is 0 Å². The first kappa shape index (κ1) is 20.3. The molecule has 1 N–H and O–H groups in total. The van der Waals surface area contributed by atoms with E-state index >= 15 is 0 Å². The van der Waals surface area contributed by atoms with Crippen molar-refractivity contribution in [1.82, 2.24) is 10.4 Å². The summed E-state index contributed by atoms with van der Waals surface area (Å²) in [5.41, 5.74) is 5.36. The molecule has 0 atom stereocenters. The van der Waals surface area contributed by atoms with Crippen LogP contribution in [0.1, 0.15) is 30.0 Å². The van der Waals surface area contributed by atoms with Crippen LogP contribution in [0.4, 0.5) is 0 Å². The van der Waals surface area contributed by atoms with Gasteiger partial charge in [-0.05, 0) is 42.3 Å². The number of hydrazone groups is 1. The summed E-state index contributed by atoms with van der Waals surface area (Å²) in [6.07, 6.45) is 3.00. The first-order valence-electron chi connectivity index (χ1n) is 10.1. The van der Waals surface area contributed by atoms with Gasteiger partial charge in [-0.2, -0.15) is 5.10 Å². The number of nitrogens with one attached hydrogen (secondary N) is 1. The summed E-state index contributed by atoms with van der Waals surface area (Å²) >= 11 is 0. The lowest BCUT2D eigenvalue weighted by Crippen LogP contribution is -2.18. The molecular weight excluding hydrogens is 390 g/mol. The van der Waals surface area contributed by atoms with Gasteiger partial charge in [-0.1, -0.05) is 44.2 Å². The van der Waals surface area contributed by atoms with Gasteiger partial charge in [0.15, 0.2) is 0 Å². The summed E-state index contributed by atoms with van der Waals surface area (Å²) in [5, 5.41) is 4.75. The molecule has 0 aliphatic carbocycles. The lowest BCUT2D eigenvalue weighted by Gasteiger charge is -2.11. The number of hydrogen-bond donors (Lipinski definition) is 1. The Kier molecular flexibility index (Phi) is 6.08. The topological polar surface area (TPSA) is 76.7 Å². The Morgan fingerprint density at radius 2 is 2.00 bits per heavy atom. The Morgan fingerprint density at radius 1 is 1.13 bits per heavy atom. The SMILES string of the molecule is CC(C)COc1cccc(-c2cc(C(=O)NN=Cc3ccco3)c3ccccc3n2)c1. The number of aromatic nitrogens is 1. The molecule has 0 unspecified atom stereocenters. The third kappa shape index (κ3) is 4.98. The number of benzene rings is 2. The van der Waals surface area contributed by atoms with Crippen molar-refractivity contribution < 1.29 is 13.9 Å². The van der Waals surface area contributed by atoms with Crippen molar-refractivity contribution in [2.75, 3.05) is 6.61 Å². The first-order chi connectivity index (χ1) is 15.1. The number of carbonyl (C=O) groups excluding carboxylic acids is 1. The Labute approximate surface area is 180 Å². The molecule has 4 rings (SSSR count). The second-order valence-corrected chi connectivity index (χ2v) is 7.52. The van der Waals surface area contributed by atoms with Crippen LogP contribution in [0, 0.1) is 5.92 Å². The maximum absolute atomic E-state index is 12.9. The van der Waals surface area contributed by atoms with Gasteiger partial charge in [-0.25, -0.2) is 10.4 Å². The van der Waals surface area contributed by atoms with E-state index in [2.05, 4.69) is 24.4 Å². The second kappa shape index (κ2) is 9.26. The van der Waals surface area contributed by atoms with Gasteiger partial charge in [0, 0.05) is 10.9 Å². The minimum atomic E-state index is -0.324. The molecule has 0 fully saturated rings. The summed E-state index contributed by atoms with van der Waals surface area (Å²) < 4.78 is 11.0. The third-order valence-corrected chi connectivity index (χ3v) is 4.58. The van der Waals surface area contributed by atoms with Crippen LogP contribution in [-0.4, -0.2) is 23.7 Å². The summed E-state index contributed by atoms with van der Waals surface area (Å²) in [7, 11) is 0. The van der Waals surface area contributed by atoms with Crippen molar-refractivity contribution >= 4 is 23.0 Å². The zero-order valence-corrected chi connectivity index (χ0v) is 17.4. The van der Waals surface area contributed by atoms with Crippen molar-refractivity contribution in [3.8, 4) is 17.0 Å². The van der Waals surface area contributed by atoms with E-state index in [1.165, 1.54) is 6.21 Å². The Hall–Kier alpha value is -3.93. The minimum absolute atomic E-state index is 0.324. The number of furan rings is 1. The molecule has 6 nitrogen and oxygen atoms in total. The molecular formula is C25H23N3O3. The van der Waals surface area contributed by atoms with E-state index in [4.69, 9.17) is 14.1 Å². The predicted octanol–water partition coefficient (Wildman–Crippen LogP) is 5.29. The fourth-order valence-electron chi connectivity index (χ4n) is 3.10. The Bertz CT molecular complexity index is 1210. The Morgan fingerprint density at radius 3 is 2.81 bits per heavy atom. The monoisotopic (exact) mass is 413 g/mol. The molecule has 6 heteroatoms. The number of pyridine rings is 1. The normalized spacial score (nSPS) is 11.3. The molecule has 2 aromatic carbocycles. The maximum atomic E-state index is 12.9. The zero-order chi connectivity index (χ0) is 21.6. The number of rotatable bonds is 7. The first-order valence-corrected chi connectivity index (χ1v) is 10.1. The van der Waals surface area contributed by atoms with E-state index in [0.29, 0.717) is 29.5 Å². The van der Waals surface area contributed by atoms with E-state index in [-0.39, 0.29) is 5.91 Å². The van der Waals surface area contributed by atoms with Crippen molar-refractivity contribution in [3.05, 3.63) is 84.3 Å². The lowest BCUT2D eigenvalue weighted by molar-refractivity contribution is 0.0956. The van der Waals surface area contributed by atoms with Gasteiger partial charge in [0.05, 0.1) is 35.9 Å². The van der Waals surface area contributed by atoms with Crippen LogP contribution >= 0.6 is 0 Å². The molecule has 2 aromatic heterocycles. The minimum Gasteiger partial charge on any atom is -0.493 e. The number of fused-ring (bicyclic) bond motifs is 1. The Balaban J connectivity index is 1.66. The molecule has 1 amide bonds. The van der Waals surface area contributed by atoms with Gasteiger partial charge < -0.3 is 9.15 Å². The quantitative estimate of drug-likeness (QED) is 0.330. The molecule has 0 spiro atoms. The summed E-state index contributed by atoms with van der Waals surface area (Å²) in [6, 6.07) is 20.6. The van der Waals surface area contributed by atoms with Crippen LogP contribution in [0.3, 0.4) is 0 Å². The molecule has 0 saturated carbocycles. The fourth-order valence-corrected chi connectivity index (χ4v) is 3.10. The van der Waals surface area contributed by atoms with Gasteiger partial charge in [0.2, 0.25) is 0 Å². The molecule has 2 heterocycles. The predicted molar refractivity (Wildman–Crippen MR) is 121 cm³/mol. The zero-order valence-electron chi connectivity index (χ0n) is 17.4. The third-order valence-electron chi connectivity index (χ3n) is 4.58. The number of hydrogen-bond acceptors (Lipinski definition) is 5. The highest BCUT2D eigenvalue weighted by Gasteiger charge is 2.14. The molecule has 0 radical (unpaired) electrons. The van der Waals surface area contributed by atoms with E-state index < -0.39 is 0 Å². The summed E-state index contributed by atoms with van der Waals surface area (Å²) in [6.45, 7) is 4.85. The highest BCUT2D eigenvalue weighted by Crippen LogP contribution is 2.27. The average Bonchev–Trinajstić information content (AvgIpc) is 3.30. The van der Waals surface area contributed by atoms with Crippen LogP contribution in [0.25, 0.3) is 22.2 Å². The number of carbonyl (C=O) groups is 1. The molecule has 4 aromatic rings. The number of nitrogens with zero attached hydrogens (tertiary/aromatic N) is 2. The number of para-hydroxylation sites is 1. The van der Waals surface area contributed by atoms with E-state index in [1.54, 1.807) is 24.5 Å². The van der Waals surface area contributed by atoms with Crippen molar-refractivity contribution in [1.29, 1.82) is 0 Å². The van der Waals surface area contributed by atoms with E-state index in [1.807, 2.05) is 48.5 Å². The van der Waals surface area contributed by atoms with Crippen LogP contribution < -0.4 is 10.2 Å². The van der Waals surface area contributed by atoms with Gasteiger partial charge in [-0.15, -0.1) is 0 Å². The van der Waals surface area contributed by atoms with Crippen LogP contribution in [0.5, 0.6) is 5.75 Å². The van der Waals surface area contributed by atoms with Gasteiger partial charge in [-0.3, -0.25) is 4.79 Å². The second-order valence-electron chi connectivity index (χ2n) is 7.52. The van der Waals surface area contributed by atoms with Crippen molar-refractivity contribution in [2.24, 2.45) is 11.0 Å². The maximum Gasteiger partial charge on any atom is 0.272 e. The molecule has 156 valence electrons. The number of amides is 1. The highest BCUT2D eigenvalue weighted by atomic mass is 16.5. The summed E-state index contributed by atoms with van der Waals surface area (Å²) in [4.78, 5) is 17.7. The average molecular weight is 413 g/mol. The van der Waals surface area contributed by atoms with E-state index in [0.717, 1.165) is 22.2 Å². The molecule has 0 aliphatic heterocycles. The largest absolute Gasteiger partial charge is 0.493 e. The highest BCUT2D eigenvalue weighted by molar-refractivity contribution is 6.07. The number of ether oxygens (including phenoxy) is 1. The lowest BCUT2D eigenvalue weighted by atomic mass is 10.0. The van der Waals surface area contributed by atoms with Gasteiger partial charge >= 0.3 is 0 Å². The molecule has 0 bridgehead atoms. The van der Waals surface area contributed by atoms with Crippen molar-refractivity contribution in [3.63, 3.8) is 0 Å². The van der Waals surface area contributed by atoms with Crippen LogP contribution in [0.15, 0.2) is 82.5 Å². The van der Waals surface area contributed by atoms with Crippen molar-refractivity contribution in [2.45, 2.75) is 13.8 Å². The smallest absolute Gasteiger partial charge is 0.272 e. The van der Waals surface area contributed by atoms with Gasteiger partial charge in [0.1, 0.15) is 11.5 Å². The standard InChI is InChI=1S/C25H23N3O3/c1-17(2)16-31-19-8-5-7-18(13-19)24-14-22(21-10-3-4-11-23(21)27-24)25(29)28-26-15-20-9-6-12-30-20/h3-15,17H,16H2,1-2H3,(H,28,29). The van der Waals surface area contributed by atoms with Crippen LogP contribution in [-0.2, 0) is 0 Å². The molecule has 0 aliphatic rings. The molecule has 31 heavy (non-hydrogen) atoms. The molecule has 0 saturated heterocycles. The van der Waals surface area contributed by atoms with Gasteiger partial charge in [0.25, 0.3) is 5.91 Å². The van der Waals surface area contributed by atoms with E-state index in [9.17, 15) is 4.79 Å². The fraction of sp³-hybridized carbons (Fsp3) is 0.160.